The molecule has 0 N–H and O–H groups in total. The van der Waals surface area contributed by atoms with Crippen LogP contribution >= 0.6 is 7.51 Å². The van der Waals surface area contributed by atoms with Crippen molar-refractivity contribution < 1.29 is 18.1 Å². The molecular weight excluding hydrogens is 251 g/mol. The van der Waals surface area contributed by atoms with Gasteiger partial charge in [-0.25, -0.2) is 0 Å². The number of hydrogen-bond acceptors (Lipinski definition) is 4. The van der Waals surface area contributed by atoms with Crippen molar-refractivity contribution in [1.82, 2.24) is 0 Å². The van der Waals surface area contributed by atoms with E-state index in [9.17, 15) is 0 Å². The van der Waals surface area contributed by atoms with Crippen molar-refractivity contribution in [2.24, 2.45) is 0 Å². The number of fused-ring (bicyclic) bond motifs is 1. The first kappa shape index (κ1) is 13.8. The normalized spacial score (nSPS) is 21.6. The Labute approximate surface area is 108 Å². The van der Waals surface area contributed by atoms with Gasteiger partial charge in [0.1, 0.15) is 0 Å². The zero-order valence-electron chi connectivity index (χ0n) is 11.2. The van der Waals surface area contributed by atoms with Crippen molar-refractivity contribution in [2.75, 3.05) is 19.8 Å². The van der Waals surface area contributed by atoms with Gasteiger partial charge in [0.05, 0.1) is 0 Å². The summed E-state index contributed by atoms with van der Waals surface area (Å²) in [4.78, 5) is 0. The Balaban J connectivity index is 2.39. The summed E-state index contributed by atoms with van der Waals surface area (Å²) in [7, 11) is -3.47. The van der Waals surface area contributed by atoms with Crippen molar-refractivity contribution in [3.63, 3.8) is 0 Å². The van der Waals surface area contributed by atoms with Crippen LogP contribution < -0.4 is 4.52 Å². The van der Waals surface area contributed by atoms with Crippen molar-refractivity contribution in [1.29, 1.82) is 0 Å². The molecule has 1 aromatic rings. The first-order valence-corrected chi connectivity index (χ1v) is 8.51. The monoisotopic (exact) mass is 272 g/mol. The first-order valence-electron chi connectivity index (χ1n) is 6.42. The molecule has 0 aliphatic carbocycles. The third kappa shape index (κ3) is 2.26. The van der Waals surface area contributed by atoms with Gasteiger partial charge in [-0.15, -0.1) is 0 Å². The third-order valence-electron chi connectivity index (χ3n) is 2.81. The van der Waals surface area contributed by atoms with E-state index >= 15 is 0 Å². The van der Waals surface area contributed by atoms with E-state index in [1.54, 1.807) is 0 Å². The van der Waals surface area contributed by atoms with Gasteiger partial charge in [0.2, 0.25) is 0 Å². The number of benzene rings is 1. The van der Waals surface area contributed by atoms with E-state index in [-0.39, 0.29) is 0 Å². The number of rotatable bonds is 6. The summed E-state index contributed by atoms with van der Waals surface area (Å²) >= 11 is 0. The van der Waals surface area contributed by atoms with Crippen molar-refractivity contribution in [2.45, 2.75) is 26.9 Å². The van der Waals surface area contributed by atoms with Crippen LogP contribution in [0.25, 0.3) is 0 Å². The van der Waals surface area contributed by atoms with Gasteiger partial charge >= 0.3 is 108 Å². The standard InChI is InChI=1S/C13H21O4P/c1-4-14-18(15-5-2,16-6-3)11-12-9-7-8-10-13(12)17-18/h7-10H,4-6,11H2,1-3H3. The molecule has 1 aliphatic heterocycles. The summed E-state index contributed by atoms with van der Waals surface area (Å²) < 4.78 is 23.8. The average molecular weight is 272 g/mol. The second-order valence-corrected chi connectivity index (χ2v) is 7.27. The Morgan fingerprint density at radius 3 is 2.06 bits per heavy atom. The molecule has 5 heteroatoms. The zero-order valence-corrected chi connectivity index (χ0v) is 12.1. The van der Waals surface area contributed by atoms with Crippen LogP contribution in [-0.2, 0) is 19.7 Å². The van der Waals surface area contributed by atoms with Crippen LogP contribution in [0.4, 0.5) is 0 Å². The van der Waals surface area contributed by atoms with Gasteiger partial charge in [0.25, 0.3) is 0 Å². The predicted octanol–water partition coefficient (Wildman–Crippen LogP) is 3.90. The van der Waals surface area contributed by atoms with Crippen LogP contribution in [0, 0.1) is 0 Å². The second-order valence-electron chi connectivity index (χ2n) is 4.07. The Morgan fingerprint density at radius 2 is 1.56 bits per heavy atom. The molecule has 102 valence electrons. The van der Waals surface area contributed by atoms with Crippen LogP contribution in [0.3, 0.4) is 0 Å². The van der Waals surface area contributed by atoms with Gasteiger partial charge in [0.15, 0.2) is 0 Å². The van der Waals surface area contributed by atoms with Gasteiger partial charge < -0.3 is 0 Å². The molecule has 1 heterocycles. The minimum absolute atomic E-state index is 0.506. The molecule has 0 saturated heterocycles. The molecule has 1 aromatic carbocycles. The van der Waals surface area contributed by atoms with E-state index in [4.69, 9.17) is 18.1 Å². The molecule has 4 nitrogen and oxygen atoms in total. The summed E-state index contributed by atoms with van der Waals surface area (Å²) in [5, 5.41) is 0. The van der Waals surface area contributed by atoms with E-state index < -0.39 is 7.51 Å². The zero-order chi connectivity index (χ0) is 13.1. The molecule has 0 spiro atoms. The Kier molecular flexibility index (Phi) is 3.93. The summed E-state index contributed by atoms with van der Waals surface area (Å²) in [6.45, 7) is 7.31. The molecule has 0 aromatic heterocycles. The predicted molar refractivity (Wildman–Crippen MR) is 72.6 cm³/mol. The van der Waals surface area contributed by atoms with E-state index in [2.05, 4.69) is 0 Å². The number of hydrogen-bond donors (Lipinski definition) is 0. The molecular formula is C13H21O4P. The van der Waals surface area contributed by atoms with Crippen LogP contribution in [-0.4, -0.2) is 19.8 Å². The van der Waals surface area contributed by atoms with E-state index in [1.807, 2.05) is 45.0 Å². The topological polar surface area (TPSA) is 36.9 Å². The van der Waals surface area contributed by atoms with Gasteiger partial charge in [-0.05, 0) is 0 Å². The van der Waals surface area contributed by atoms with Crippen molar-refractivity contribution >= 4 is 7.51 Å². The maximum atomic E-state index is 6.07. The van der Waals surface area contributed by atoms with Crippen LogP contribution in [0.5, 0.6) is 5.75 Å². The molecule has 0 saturated carbocycles. The summed E-state index contributed by atoms with van der Waals surface area (Å²) in [6.07, 6.45) is 0.567. The fourth-order valence-corrected chi connectivity index (χ4v) is 5.89. The van der Waals surface area contributed by atoms with E-state index in [0.717, 1.165) is 11.3 Å². The molecule has 18 heavy (non-hydrogen) atoms. The van der Waals surface area contributed by atoms with E-state index in [0.29, 0.717) is 26.0 Å². The van der Waals surface area contributed by atoms with Crippen molar-refractivity contribution in [3.05, 3.63) is 29.8 Å². The number of para-hydroxylation sites is 1. The van der Waals surface area contributed by atoms with Gasteiger partial charge in [-0.3, -0.25) is 0 Å². The molecule has 0 atom stereocenters. The van der Waals surface area contributed by atoms with Gasteiger partial charge in [-0.2, -0.15) is 0 Å². The summed E-state index contributed by atoms with van der Waals surface area (Å²) in [5.74, 6) is 0.811. The second kappa shape index (κ2) is 5.14. The van der Waals surface area contributed by atoms with Crippen molar-refractivity contribution in [3.8, 4) is 5.75 Å². The fraction of sp³-hybridized carbons (Fsp3) is 0.538. The van der Waals surface area contributed by atoms with E-state index in [1.165, 1.54) is 0 Å². The molecule has 0 amide bonds. The van der Waals surface area contributed by atoms with Crippen LogP contribution in [0.15, 0.2) is 24.3 Å². The van der Waals surface area contributed by atoms with Crippen LogP contribution in [0.1, 0.15) is 26.3 Å². The molecule has 0 bridgehead atoms. The Morgan fingerprint density at radius 1 is 1.00 bits per heavy atom. The molecule has 0 fully saturated rings. The van der Waals surface area contributed by atoms with Gasteiger partial charge in [-0.1, -0.05) is 0 Å². The maximum absolute atomic E-state index is 6.07. The van der Waals surface area contributed by atoms with Gasteiger partial charge in [0, 0.05) is 0 Å². The minimum atomic E-state index is -3.47. The Bertz CT molecular complexity index is 372. The first-order chi connectivity index (χ1) is 8.67. The molecule has 0 unspecified atom stereocenters. The quantitative estimate of drug-likeness (QED) is 0.736. The molecule has 2 rings (SSSR count). The summed E-state index contributed by atoms with van der Waals surface area (Å²) in [5.41, 5.74) is 1.09. The average Bonchev–Trinajstić information content (AvgIpc) is 2.64. The molecule has 0 radical (unpaired) electrons. The third-order valence-corrected chi connectivity index (χ3v) is 6.49. The SMILES string of the molecule is CCOP1(OCC)(OCC)Cc2ccccc2O1. The fourth-order valence-electron chi connectivity index (χ4n) is 2.30. The van der Waals surface area contributed by atoms with Crippen LogP contribution in [0.2, 0.25) is 0 Å². The molecule has 1 aliphatic rings. The summed E-state index contributed by atoms with van der Waals surface area (Å²) in [6, 6.07) is 7.89. The Hall–Kier alpha value is -0.670.